The van der Waals surface area contributed by atoms with Gasteiger partial charge < -0.3 is 77.3 Å². The zero-order chi connectivity index (χ0) is 80.7. The van der Waals surface area contributed by atoms with E-state index in [0.717, 1.165) is 0 Å². The molecule has 0 radical (unpaired) electrons. The summed E-state index contributed by atoms with van der Waals surface area (Å²) in [7, 11) is 7.47. The number of rotatable bonds is 16. The van der Waals surface area contributed by atoms with Gasteiger partial charge in [-0.2, -0.15) is 0 Å². The number of carbonyl (C=O) groups is 10. The van der Waals surface area contributed by atoms with E-state index in [1.807, 2.05) is 51.8 Å². The molecule has 2 amide bonds. The highest BCUT2D eigenvalue weighted by atomic mass is 16.7. The number of benzene rings is 2. The van der Waals surface area contributed by atoms with Crippen molar-refractivity contribution in [3.05, 3.63) is 71.8 Å². The van der Waals surface area contributed by atoms with Gasteiger partial charge in [0.1, 0.15) is 47.8 Å². The molecule has 6 heterocycles. The Kier molecular flexibility index (Phi) is 28.8. The van der Waals surface area contributed by atoms with Crippen LogP contribution in [-0.4, -0.2) is 218 Å². The van der Waals surface area contributed by atoms with Crippen molar-refractivity contribution >= 4 is 59.2 Å². The lowest BCUT2D eigenvalue weighted by Gasteiger charge is -2.48. The molecule has 26 heteroatoms. The maximum Gasteiger partial charge on any atom is 0.408 e. The molecule has 108 heavy (non-hydrogen) atoms. The molecule has 0 saturated carbocycles. The number of terminal acetylenes is 2. The number of amides is 2. The smallest absolute Gasteiger partial charge is 0.408 e. The van der Waals surface area contributed by atoms with Gasteiger partial charge in [-0.25, -0.2) is 19.2 Å². The monoisotopic (exact) mass is 1510 g/mol. The minimum atomic E-state index is -1.73. The molecule has 0 unspecified atom stereocenters. The average Bonchev–Trinajstić information content (AvgIpc) is 1.08. The van der Waals surface area contributed by atoms with E-state index >= 15 is 0 Å². The zero-order valence-electron chi connectivity index (χ0n) is 67.0. The van der Waals surface area contributed by atoms with Gasteiger partial charge in [-0.3, -0.25) is 28.8 Å². The van der Waals surface area contributed by atoms with Gasteiger partial charge in [0.15, 0.2) is 47.6 Å². The minimum Gasteiger partial charge on any atom is -0.457 e. The molecule has 6 saturated heterocycles. The Morgan fingerprint density at radius 2 is 0.833 bits per heavy atom. The number of ketones is 4. The summed E-state index contributed by atoms with van der Waals surface area (Å²) in [6.07, 6.45) is 2.04. The second-order valence-corrected chi connectivity index (χ2v) is 32.5. The van der Waals surface area contributed by atoms with Crippen molar-refractivity contribution < 1.29 is 105 Å². The van der Waals surface area contributed by atoms with Gasteiger partial charge in [-0.05, 0) is 160 Å². The molecule has 0 aliphatic carbocycles. The highest BCUT2D eigenvalue weighted by molar-refractivity contribution is 6.05. The predicted molar refractivity (Wildman–Crippen MR) is 396 cm³/mol. The predicted octanol–water partition coefficient (Wildman–Crippen LogP) is 9.47. The van der Waals surface area contributed by atoms with Crippen molar-refractivity contribution in [1.29, 1.82) is 0 Å². The van der Waals surface area contributed by atoms with Crippen LogP contribution in [0.3, 0.4) is 0 Å². The van der Waals surface area contributed by atoms with E-state index in [-0.39, 0.29) is 74.8 Å². The number of Topliss-reactive ketones (excluding diaryl/α,β-unsaturated/α-hetero) is 4. The van der Waals surface area contributed by atoms with E-state index in [2.05, 4.69) is 22.5 Å². The van der Waals surface area contributed by atoms with Gasteiger partial charge in [-0.15, -0.1) is 12.8 Å². The fourth-order valence-corrected chi connectivity index (χ4v) is 16.8. The van der Waals surface area contributed by atoms with Crippen molar-refractivity contribution in [2.45, 2.75) is 271 Å². The zero-order valence-corrected chi connectivity index (χ0v) is 67.0. The number of nitrogens with zero attached hydrogens (tertiary/aromatic N) is 2. The summed E-state index contributed by atoms with van der Waals surface area (Å²) < 4.78 is 75.3. The third kappa shape index (κ3) is 18.8. The van der Waals surface area contributed by atoms with Crippen LogP contribution in [0, 0.1) is 71.0 Å². The van der Waals surface area contributed by atoms with E-state index in [1.165, 1.54) is 27.7 Å². The van der Waals surface area contributed by atoms with Gasteiger partial charge in [0, 0.05) is 35.5 Å². The molecule has 26 nitrogen and oxygen atoms in total. The molecule has 2 N–H and O–H groups in total. The van der Waals surface area contributed by atoms with Crippen LogP contribution < -0.4 is 10.6 Å². The van der Waals surface area contributed by atoms with Crippen molar-refractivity contribution in [1.82, 2.24) is 20.4 Å². The number of esters is 4. The lowest BCUT2D eigenvalue weighted by molar-refractivity contribution is -0.296. The number of nitrogens with one attached hydrogen (secondary N) is 2. The first-order chi connectivity index (χ1) is 50.4. The second-order valence-electron chi connectivity index (χ2n) is 32.5. The topological polar surface area (TPSA) is 312 Å². The summed E-state index contributed by atoms with van der Waals surface area (Å²) in [6.45, 7) is 29.6. The normalized spacial score (nSPS) is 37.6. The fourth-order valence-electron chi connectivity index (χ4n) is 16.8. The Bertz CT molecular complexity index is 3410. The van der Waals surface area contributed by atoms with Crippen molar-refractivity contribution in [2.24, 2.45) is 46.3 Å². The molecule has 6 fully saturated rings. The van der Waals surface area contributed by atoms with Crippen LogP contribution in [0.2, 0.25) is 0 Å². The summed E-state index contributed by atoms with van der Waals surface area (Å²) in [5.74, 6) is -4.59. The first kappa shape index (κ1) is 87.6. The van der Waals surface area contributed by atoms with E-state index in [4.69, 9.17) is 69.7 Å². The molecule has 6 aliphatic heterocycles. The number of hydrogen-bond acceptors (Lipinski definition) is 24. The van der Waals surface area contributed by atoms with Crippen LogP contribution in [0.4, 0.5) is 9.59 Å². The number of alkyl carbamates (subject to hydrolysis) is 2. The minimum absolute atomic E-state index is 0.0221. The molecular formula is C82H116N4O22. The van der Waals surface area contributed by atoms with Crippen LogP contribution >= 0.6 is 0 Å². The molecule has 0 bridgehead atoms. The van der Waals surface area contributed by atoms with Crippen molar-refractivity contribution in [2.75, 3.05) is 41.4 Å². The molecule has 2 aromatic carbocycles. The number of cyclic esters (lactones) is 2. The molecule has 24 atom stereocenters. The van der Waals surface area contributed by atoms with E-state index in [1.54, 1.807) is 144 Å². The highest BCUT2D eigenvalue weighted by Gasteiger charge is 2.62. The molecule has 0 aromatic heterocycles. The Balaban J connectivity index is 0.000000301. The maximum atomic E-state index is 14.7. The lowest BCUT2D eigenvalue weighted by Crippen LogP contribution is -2.61. The van der Waals surface area contributed by atoms with Crippen LogP contribution in [0.1, 0.15) is 184 Å². The largest absolute Gasteiger partial charge is 0.457 e. The Hall–Kier alpha value is -7.66. The molecular weight excluding hydrogens is 1390 g/mol. The summed E-state index contributed by atoms with van der Waals surface area (Å²) in [6, 6.07) is 14.7. The van der Waals surface area contributed by atoms with E-state index < -0.39 is 178 Å². The van der Waals surface area contributed by atoms with Crippen LogP contribution in [0.25, 0.3) is 0 Å². The van der Waals surface area contributed by atoms with E-state index in [9.17, 15) is 47.9 Å². The third-order valence-corrected chi connectivity index (χ3v) is 22.9. The van der Waals surface area contributed by atoms with Crippen molar-refractivity contribution in [3.8, 4) is 24.7 Å². The Morgan fingerprint density at radius 1 is 0.509 bits per heavy atom. The standard InChI is InChI=1S/2C41H58N2O11/c2*1-13-20-49-40(9)22-23(3)30(44)25(5)32-41(10,54-38(48)42-32)29(14-2)51-37(47)39(7,8)33(45)26(6)34(40)53-36-31(28(43(11)12)21-24(4)50-36)52-35(46)27-18-16-15-17-19-27/h2*1,15-19,23-26,28-29,31-32,34,36H,14,20-22H2,2-12H3,(H,42,48)/t2*23-,24-,25+,26+,28+,29-,31-,32-,34-,36+,40+,41-/m11/s1. The quantitative estimate of drug-likeness (QED) is 0.0683. The number of ether oxygens (including phenoxy) is 12. The maximum absolute atomic E-state index is 14.7. The van der Waals surface area contributed by atoms with E-state index in [0.29, 0.717) is 24.0 Å². The summed E-state index contributed by atoms with van der Waals surface area (Å²) in [5.41, 5.74) is -8.51. The number of fused-ring (bicyclic) bond motifs is 2. The Labute approximate surface area is 637 Å². The second kappa shape index (κ2) is 35.6. The summed E-state index contributed by atoms with van der Waals surface area (Å²) in [5, 5.41) is 5.55. The first-order valence-electron chi connectivity index (χ1n) is 37.6. The number of hydrogen-bond donors (Lipinski definition) is 2. The SMILES string of the molecule is C#CCO[C@@]1(C)C[C@@H](C)C(=O)[C@H](C)[C@H]2NC(=O)O[C@]2(C)[C@@H](CC)OC(=O)C(C)(C)C(=O)[C@H](C)[C@H]1O[C@@H]1O[C@H](C)C[C@H](N(C)C)[C@H]1OC(=O)c1ccccc1.C#CCO[C@@]1(C)C[C@@H](C)C(=O)[C@H](C)[C@H]2NC(=O)O[C@]2(C)[C@@H](CC)OC(=O)C(C)(C)C(=O)[C@H](C)[C@H]1O[C@@H]1O[C@H](C)C[C@H](N(C)C)[C@H]1OC(=O)c1ccccc1. The Morgan fingerprint density at radius 3 is 1.13 bits per heavy atom. The average molecular weight is 1510 g/mol. The molecule has 8 rings (SSSR count). The number of likely N-dealkylation sites (N-methyl/N-ethyl adjacent to an activating group) is 2. The number of carbonyl (C=O) groups excluding carboxylic acids is 10. The van der Waals surface area contributed by atoms with Crippen LogP contribution in [-0.2, 0) is 85.6 Å². The summed E-state index contributed by atoms with van der Waals surface area (Å²) in [4.78, 5) is 143. The lowest BCUT2D eigenvalue weighted by atomic mass is 9.71. The van der Waals surface area contributed by atoms with Crippen molar-refractivity contribution in [3.63, 3.8) is 0 Å². The fraction of sp³-hybridized carbons (Fsp3) is 0.683. The van der Waals surface area contributed by atoms with Gasteiger partial charge in [0.25, 0.3) is 0 Å². The van der Waals surface area contributed by atoms with Gasteiger partial charge in [0.05, 0.1) is 70.9 Å². The third-order valence-electron chi connectivity index (χ3n) is 22.9. The van der Waals surface area contributed by atoms with Crippen LogP contribution in [0.15, 0.2) is 60.7 Å². The molecule has 2 aromatic rings. The van der Waals surface area contributed by atoms with Crippen LogP contribution in [0.5, 0.6) is 0 Å². The summed E-state index contributed by atoms with van der Waals surface area (Å²) >= 11 is 0. The molecule has 6 aliphatic rings. The first-order valence-corrected chi connectivity index (χ1v) is 37.6. The van der Waals surface area contributed by atoms with Gasteiger partial charge >= 0.3 is 36.1 Å². The highest BCUT2D eigenvalue weighted by Crippen LogP contribution is 2.46. The molecule has 596 valence electrons. The van der Waals surface area contributed by atoms with Gasteiger partial charge in [-0.1, -0.05) is 104 Å². The molecule has 0 spiro atoms. The van der Waals surface area contributed by atoms with Gasteiger partial charge in [0.2, 0.25) is 0 Å².